The molecule has 2 atom stereocenters. The normalized spacial score (nSPS) is 32.8. The number of morpholine rings is 1. The van der Waals surface area contributed by atoms with Crippen LogP contribution in [0.1, 0.15) is 32.6 Å². The summed E-state index contributed by atoms with van der Waals surface area (Å²) in [5.41, 5.74) is 0. The molecule has 0 spiro atoms. The summed E-state index contributed by atoms with van der Waals surface area (Å²) in [6.45, 7) is 8.79. The first-order valence-electron chi connectivity index (χ1n) is 6.88. The number of rotatable bonds is 4. The van der Waals surface area contributed by atoms with Crippen LogP contribution in [0.5, 0.6) is 0 Å². The van der Waals surface area contributed by atoms with Gasteiger partial charge in [-0.3, -0.25) is 4.90 Å². The highest BCUT2D eigenvalue weighted by molar-refractivity contribution is 4.76. The molecule has 1 aliphatic carbocycles. The topological polar surface area (TPSA) is 24.5 Å². The van der Waals surface area contributed by atoms with Gasteiger partial charge in [-0.15, -0.1) is 0 Å². The molecule has 2 aliphatic rings. The average molecular weight is 226 g/mol. The summed E-state index contributed by atoms with van der Waals surface area (Å²) in [6.07, 6.45) is 5.61. The smallest absolute Gasteiger partial charge is 0.0594 e. The van der Waals surface area contributed by atoms with E-state index in [0.717, 1.165) is 44.8 Å². The summed E-state index contributed by atoms with van der Waals surface area (Å²) in [4.78, 5) is 2.50. The van der Waals surface area contributed by atoms with Crippen molar-refractivity contribution in [3.05, 3.63) is 0 Å². The Kier molecular flexibility index (Phi) is 5.07. The van der Waals surface area contributed by atoms with Crippen LogP contribution in [-0.4, -0.2) is 50.3 Å². The molecule has 0 unspecified atom stereocenters. The SMILES string of the molecule is C[C@H]1CCC[C@H](NCCN2CCOCC2)C1. The first-order valence-corrected chi connectivity index (χ1v) is 6.88. The van der Waals surface area contributed by atoms with Gasteiger partial charge in [0, 0.05) is 32.2 Å². The number of hydrogen-bond acceptors (Lipinski definition) is 3. The Labute approximate surface area is 99.5 Å². The van der Waals surface area contributed by atoms with Crippen LogP contribution in [0.15, 0.2) is 0 Å². The molecule has 2 fully saturated rings. The molecular weight excluding hydrogens is 200 g/mol. The molecule has 0 amide bonds. The van der Waals surface area contributed by atoms with Gasteiger partial charge in [0.15, 0.2) is 0 Å². The molecule has 0 aromatic heterocycles. The minimum absolute atomic E-state index is 0.782. The lowest BCUT2D eigenvalue weighted by Gasteiger charge is -2.30. The Morgan fingerprint density at radius 3 is 2.81 bits per heavy atom. The van der Waals surface area contributed by atoms with Crippen molar-refractivity contribution in [1.29, 1.82) is 0 Å². The van der Waals surface area contributed by atoms with Crippen LogP contribution < -0.4 is 5.32 Å². The summed E-state index contributed by atoms with van der Waals surface area (Å²) in [5, 5.41) is 3.72. The summed E-state index contributed by atoms with van der Waals surface area (Å²) >= 11 is 0. The standard InChI is InChI=1S/C13H26N2O/c1-12-3-2-4-13(11-12)14-5-6-15-7-9-16-10-8-15/h12-14H,2-11H2,1H3/t12-,13-/m0/s1. The Hall–Kier alpha value is -0.120. The zero-order valence-corrected chi connectivity index (χ0v) is 10.6. The van der Waals surface area contributed by atoms with Crippen LogP contribution >= 0.6 is 0 Å². The minimum atomic E-state index is 0.782. The minimum Gasteiger partial charge on any atom is -0.379 e. The molecule has 3 heteroatoms. The summed E-state index contributed by atoms with van der Waals surface area (Å²) in [7, 11) is 0. The van der Waals surface area contributed by atoms with Crippen LogP contribution in [0, 0.1) is 5.92 Å². The summed E-state index contributed by atoms with van der Waals surface area (Å²) < 4.78 is 5.35. The van der Waals surface area contributed by atoms with Gasteiger partial charge in [0.05, 0.1) is 13.2 Å². The van der Waals surface area contributed by atoms with E-state index in [9.17, 15) is 0 Å². The zero-order chi connectivity index (χ0) is 11.2. The van der Waals surface area contributed by atoms with Crippen molar-refractivity contribution in [2.45, 2.75) is 38.6 Å². The van der Waals surface area contributed by atoms with Crippen LogP contribution in [0.4, 0.5) is 0 Å². The predicted octanol–water partition coefficient (Wildman–Crippen LogP) is 1.49. The fourth-order valence-corrected chi connectivity index (χ4v) is 2.87. The third-order valence-corrected chi connectivity index (χ3v) is 3.90. The lowest BCUT2D eigenvalue weighted by atomic mass is 9.87. The second-order valence-electron chi connectivity index (χ2n) is 5.38. The maximum atomic E-state index is 5.35. The molecular formula is C13H26N2O. The second-order valence-corrected chi connectivity index (χ2v) is 5.38. The molecule has 1 saturated carbocycles. The molecule has 0 aromatic carbocycles. The molecule has 1 aliphatic heterocycles. The van der Waals surface area contributed by atoms with Gasteiger partial charge in [0.2, 0.25) is 0 Å². The third kappa shape index (κ3) is 4.04. The lowest BCUT2D eigenvalue weighted by Crippen LogP contribution is -2.43. The van der Waals surface area contributed by atoms with Crippen molar-refractivity contribution in [3.8, 4) is 0 Å². The molecule has 1 saturated heterocycles. The molecule has 1 N–H and O–H groups in total. The van der Waals surface area contributed by atoms with Gasteiger partial charge in [-0.2, -0.15) is 0 Å². The third-order valence-electron chi connectivity index (χ3n) is 3.90. The van der Waals surface area contributed by atoms with E-state index in [4.69, 9.17) is 4.74 Å². The first kappa shape index (κ1) is 12.3. The molecule has 16 heavy (non-hydrogen) atoms. The number of nitrogens with one attached hydrogen (secondary N) is 1. The fourth-order valence-electron chi connectivity index (χ4n) is 2.87. The van der Waals surface area contributed by atoms with Crippen molar-refractivity contribution in [2.24, 2.45) is 5.92 Å². The predicted molar refractivity (Wildman–Crippen MR) is 66.7 cm³/mol. The van der Waals surface area contributed by atoms with E-state index in [2.05, 4.69) is 17.1 Å². The Morgan fingerprint density at radius 1 is 1.25 bits per heavy atom. The van der Waals surface area contributed by atoms with Crippen LogP contribution in [0.3, 0.4) is 0 Å². The highest BCUT2D eigenvalue weighted by Gasteiger charge is 2.18. The van der Waals surface area contributed by atoms with Crippen molar-refractivity contribution in [2.75, 3.05) is 39.4 Å². The van der Waals surface area contributed by atoms with Crippen molar-refractivity contribution >= 4 is 0 Å². The van der Waals surface area contributed by atoms with E-state index in [1.807, 2.05) is 0 Å². The average Bonchev–Trinajstić information content (AvgIpc) is 2.30. The monoisotopic (exact) mass is 226 g/mol. The number of nitrogens with zero attached hydrogens (tertiary/aromatic N) is 1. The van der Waals surface area contributed by atoms with Gasteiger partial charge < -0.3 is 10.1 Å². The molecule has 0 bridgehead atoms. The van der Waals surface area contributed by atoms with E-state index in [1.165, 1.54) is 32.2 Å². The molecule has 2 rings (SSSR count). The summed E-state index contributed by atoms with van der Waals surface area (Å²) in [6, 6.07) is 0.782. The van der Waals surface area contributed by atoms with E-state index in [0.29, 0.717) is 0 Å². The molecule has 94 valence electrons. The molecule has 3 nitrogen and oxygen atoms in total. The maximum absolute atomic E-state index is 5.35. The molecule has 0 aromatic rings. The van der Waals surface area contributed by atoms with E-state index in [-0.39, 0.29) is 0 Å². The Balaban J connectivity index is 1.56. The van der Waals surface area contributed by atoms with Crippen molar-refractivity contribution in [1.82, 2.24) is 10.2 Å². The fraction of sp³-hybridized carbons (Fsp3) is 1.00. The van der Waals surface area contributed by atoms with Gasteiger partial charge in [0.25, 0.3) is 0 Å². The Bertz CT molecular complexity index is 192. The number of hydrogen-bond donors (Lipinski definition) is 1. The van der Waals surface area contributed by atoms with Gasteiger partial charge >= 0.3 is 0 Å². The van der Waals surface area contributed by atoms with E-state index >= 15 is 0 Å². The van der Waals surface area contributed by atoms with Gasteiger partial charge in [-0.1, -0.05) is 19.8 Å². The van der Waals surface area contributed by atoms with Gasteiger partial charge in [-0.05, 0) is 18.8 Å². The van der Waals surface area contributed by atoms with Crippen LogP contribution in [0.25, 0.3) is 0 Å². The second kappa shape index (κ2) is 6.58. The highest BCUT2D eigenvalue weighted by atomic mass is 16.5. The van der Waals surface area contributed by atoms with Crippen molar-refractivity contribution in [3.63, 3.8) is 0 Å². The van der Waals surface area contributed by atoms with E-state index < -0.39 is 0 Å². The highest BCUT2D eigenvalue weighted by Crippen LogP contribution is 2.23. The van der Waals surface area contributed by atoms with Crippen molar-refractivity contribution < 1.29 is 4.74 Å². The summed E-state index contributed by atoms with van der Waals surface area (Å²) in [5.74, 6) is 0.926. The van der Waals surface area contributed by atoms with Crippen LogP contribution in [-0.2, 0) is 4.74 Å². The molecule has 0 radical (unpaired) electrons. The zero-order valence-electron chi connectivity index (χ0n) is 10.6. The van der Waals surface area contributed by atoms with E-state index in [1.54, 1.807) is 0 Å². The Morgan fingerprint density at radius 2 is 2.06 bits per heavy atom. The van der Waals surface area contributed by atoms with Crippen LogP contribution in [0.2, 0.25) is 0 Å². The largest absolute Gasteiger partial charge is 0.379 e. The lowest BCUT2D eigenvalue weighted by molar-refractivity contribution is 0.0379. The maximum Gasteiger partial charge on any atom is 0.0594 e. The van der Waals surface area contributed by atoms with Gasteiger partial charge in [-0.25, -0.2) is 0 Å². The van der Waals surface area contributed by atoms with Gasteiger partial charge in [0.1, 0.15) is 0 Å². The first-order chi connectivity index (χ1) is 7.84. The molecule has 1 heterocycles. The quantitative estimate of drug-likeness (QED) is 0.786. The number of ether oxygens (including phenoxy) is 1.